The number of hydrogen-bond acceptors (Lipinski definition) is 3. The van der Waals surface area contributed by atoms with Gasteiger partial charge in [0.15, 0.2) is 0 Å². The van der Waals surface area contributed by atoms with E-state index in [2.05, 4.69) is 43.6 Å². The van der Waals surface area contributed by atoms with Crippen molar-refractivity contribution >= 4 is 27.7 Å². The molecule has 1 saturated heterocycles. The van der Waals surface area contributed by atoms with Gasteiger partial charge in [0.2, 0.25) is 5.91 Å². The Bertz CT molecular complexity index is 774. The van der Waals surface area contributed by atoms with Crippen LogP contribution in [0.4, 0.5) is 0 Å². The van der Waals surface area contributed by atoms with Gasteiger partial charge in [-0.2, -0.15) is 0 Å². The molecule has 0 unspecified atom stereocenters. The molecule has 2 aromatic rings. The lowest BCUT2D eigenvalue weighted by Gasteiger charge is -2.28. The average Bonchev–Trinajstić information content (AvgIpc) is 3.24. The van der Waals surface area contributed by atoms with Crippen molar-refractivity contribution in [2.45, 2.75) is 25.3 Å². The first-order valence-electron chi connectivity index (χ1n) is 9.73. The molecule has 2 aromatic carbocycles. The van der Waals surface area contributed by atoms with E-state index in [4.69, 9.17) is 0 Å². The molecule has 1 aliphatic heterocycles. The van der Waals surface area contributed by atoms with Crippen molar-refractivity contribution in [3.05, 3.63) is 70.2 Å². The van der Waals surface area contributed by atoms with Crippen molar-refractivity contribution in [3.8, 4) is 0 Å². The summed E-state index contributed by atoms with van der Waals surface area (Å²) in [5.74, 6) is -0.212. The van der Waals surface area contributed by atoms with Gasteiger partial charge in [0.25, 0.3) is 5.91 Å². The van der Waals surface area contributed by atoms with Crippen molar-refractivity contribution in [3.63, 3.8) is 0 Å². The summed E-state index contributed by atoms with van der Waals surface area (Å²) < 4.78 is 0.925. The number of hydrogen-bond donors (Lipinski definition) is 2. The first-order chi connectivity index (χ1) is 13.6. The van der Waals surface area contributed by atoms with Crippen LogP contribution < -0.4 is 10.6 Å². The first kappa shape index (κ1) is 20.6. The van der Waals surface area contributed by atoms with Gasteiger partial charge in [-0.25, -0.2) is 0 Å². The number of carbonyl (C=O) groups is 2. The third-order valence-electron chi connectivity index (χ3n) is 5.00. The van der Waals surface area contributed by atoms with Crippen LogP contribution in [-0.4, -0.2) is 42.9 Å². The molecule has 0 saturated carbocycles. The van der Waals surface area contributed by atoms with Gasteiger partial charge in [0, 0.05) is 29.5 Å². The fourth-order valence-corrected chi connectivity index (χ4v) is 3.74. The lowest BCUT2D eigenvalue weighted by atomic mass is 10.1. The lowest BCUT2D eigenvalue weighted by Crippen LogP contribution is -2.38. The molecule has 3 rings (SSSR count). The van der Waals surface area contributed by atoms with Crippen LogP contribution in [0.3, 0.4) is 0 Å². The second kappa shape index (κ2) is 10.4. The van der Waals surface area contributed by atoms with Gasteiger partial charge in [-0.3, -0.25) is 14.5 Å². The van der Waals surface area contributed by atoms with Crippen molar-refractivity contribution in [2.75, 3.05) is 26.2 Å². The summed E-state index contributed by atoms with van der Waals surface area (Å²) >= 11 is 3.35. The van der Waals surface area contributed by atoms with Crippen LogP contribution in [-0.2, 0) is 4.79 Å². The monoisotopic (exact) mass is 443 g/mol. The second-order valence-electron chi connectivity index (χ2n) is 6.99. The standard InChI is InChI=1S/C22H26BrN3O2/c23-19-10-8-18(9-11-19)22(28)24-13-12-21(27)25-16-20(26-14-4-5-15-26)17-6-2-1-3-7-17/h1-3,6-11,20H,4-5,12-16H2,(H,24,28)(H,25,27)/t20-/m1/s1. The number of benzene rings is 2. The van der Waals surface area contributed by atoms with Gasteiger partial charge in [-0.05, 0) is 55.8 Å². The molecule has 0 spiro atoms. The number of likely N-dealkylation sites (tertiary alicyclic amines) is 1. The van der Waals surface area contributed by atoms with Gasteiger partial charge in [-0.1, -0.05) is 46.3 Å². The number of nitrogens with one attached hydrogen (secondary N) is 2. The number of amides is 2. The Morgan fingerprint density at radius 2 is 1.64 bits per heavy atom. The van der Waals surface area contributed by atoms with Crippen LogP contribution in [0.15, 0.2) is 59.1 Å². The zero-order valence-electron chi connectivity index (χ0n) is 15.9. The average molecular weight is 444 g/mol. The molecule has 148 valence electrons. The third-order valence-corrected chi connectivity index (χ3v) is 5.53. The molecule has 1 fully saturated rings. The van der Waals surface area contributed by atoms with E-state index < -0.39 is 0 Å². The quantitative estimate of drug-likeness (QED) is 0.655. The molecule has 0 radical (unpaired) electrons. The maximum atomic E-state index is 12.3. The zero-order valence-corrected chi connectivity index (χ0v) is 17.5. The number of rotatable bonds is 8. The molecule has 1 aliphatic rings. The molecule has 5 nitrogen and oxygen atoms in total. The zero-order chi connectivity index (χ0) is 19.8. The smallest absolute Gasteiger partial charge is 0.251 e. The van der Waals surface area contributed by atoms with Crippen molar-refractivity contribution in [2.24, 2.45) is 0 Å². The Morgan fingerprint density at radius 3 is 2.32 bits per heavy atom. The highest BCUT2D eigenvalue weighted by atomic mass is 79.9. The van der Waals surface area contributed by atoms with Gasteiger partial charge < -0.3 is 10.6 Å². The SMILES string of the molecule is O=C(CCNC(=O)c1ccc(Br)cc1)NC[C@H](c1ccccc1)N1CCCC1. The number of carbonyl (C=O) groups excluding carboxylic acids is 2. The van der Waals surface area contributed by atoms with E-state index in [-0.39, 0.29) is 24.3 Å². The van der Waals surface area contributed by atoms with Crippen molar-refractivity contribution < 1.29 is 9.59 Å². The molecule has 2 amide bonds. The number of halogens is 1. The number of nitrogens with zero attached hydrogens (tertiary/aromatic N) is 1. The Kier molecular flexibility index (Phi) is 7.62. The first-order valence-corrected chi connectivity index (χ1v) is 10.5. The van der Waals surface area contributed by atoms with Crippen LogP contribution >= 0.6 is 15.9 Å². The summed E-state index contributed by atoms with van der Waals surface area (Å²) in [6, 6.07) is 17.7. The largest absolute Gasteiger partial charge is 0.354 e. The molecule has 1 atom stereocenters. The van der Waals surface area contributed by atoms with Crippen LogP contribution in [0.25, 0.3) is 0 Å². The molecule has 1 heterocycles. The van der Waals surface area contributed by atoms with E-state index >= 15 is 0 Å². The van der Waals surface area contributed by atoms with E-state index in [0.717, 1.165) is 17.6 Å². The summed E-state index contributed by atoms with van der Waals surface area (Å²) in [6.07, 6.45) is 2.68. The summed E-state index contributed by atoms with van der Waals surface area (Å²) in [5, 5.41) is 5.84. The van der Waals surface area contributed by atoms with Crippen LogP contribution in [0.1, 0.15) is 41.2 Å². The molecule has 0 aromatic heterocycles. The molecule has 28 heavy (non-hydrogen) atoms. The minimum Gasteiger partial charge on any atom is -0.354 e. The van der Waals surface area contributed by atoms with E-state index in [9.17, 15) is 9.59 Å². The third kappa shape index (κ3) is 5.91. The van der Waals surface area contributed by atoms with Crippen molar-refractivity contribution in [1.29, 1.82) is 0 Å². The predicted molar refractivity (Wildman–Crippen MR) is 114 cm³/mol. The summed E-state index contributed by atoms with van der Waals surface area (Å²) in [5.41, 5.74) is 1.81. The van der Waals surface area contributed by atoms with E-state index in [0.29, 0.717) is 18.7 Å². The Labute approximate surface area is 174 Å². The lowest BCUT2D eigenvalue weighted by molar-refractivity contribution is -0.121. The molecule has 2 N–H and O–H groups in total. The Morgan fingerprint density at radius 1 is 0.964 bits per heavy atom. The summed E-state index contributed by atoms with van der Waals surface area (Å²) in [4.78, 5) is 26.8. The fourth-order valence-electron chi connectivity index (χ4n) is 3.48. The molecular formula is C22H26BrN3O2. The van der Waals surface area contributed by atoms with E-state index in [1.54, 1.807) is 12.1 Å². The fraction of sp³-hybridized carbons (Fsp3) is 0.364. The predicted octanol–water partition coefficient (Wildman–Crippen LogP) is 3.52. The van der Waals surface area contributed by atoms with E-state index in [1.807, 2.05) is 30.3 Å². The highest BCUT2D eigenvalue weighted by molar-refractivity contribution is 9.10. The second-order valence-corrected chi connectivity index (χ2v) is 7.90. The maximum absolute atomic E-state index is 12.3. The highest BCUT2D eigenvalue weighted by Gasteiger charge is 2.23. The Hall–Kier alpha value is -2.18. The highest BCUT2D eigenvalue weighted by Crippen LogP contribution is 2.24. The van der Waals surface area contributed by atoms with Crippen LogP contribution in [0.2, 0.25) is 0 Å². The van der Waals surface area contributed by atoms with Crippen LogP contribution in [0.5, 0.6) is 0 Å². The molecular weight excluding hydrogens is 418 g/mol. The van der Waals surface area contributed by atoms with Gasteiger partial charge in [0.05, 0.1) is 6.04 Å². The van der Waals surface area contributed by atoms with Gasteiger partial charge in [0.1, 0.15) is 0 Å². The van der Waals surface area contributed by atoms with Crippen molar-refractivity contribution in [1.82, 2.24) is 15.5 Å². The van der Waals surface area contributed by atoms with Gasteiger partial charge >= 0.3 is 0 Å². The molecule has 6 heteroatoms. The minimum absolute atomic E-state index is 0.0452. The Balaban J connectivity index is 1.45. The van der Waals surface area contributed by atoms with Gasteiger partial charge in [-0.15, -0.1) is 0 Å². The minimum atomic E-state index is -0.167. The molecule has 0 bridgehead atoms. The topological polar surface area (TPSA) is 61.4 Å². The summed E-state index contributed by atoms with van der Waals surface area (Å²) in [7, 11) is 0. The van der Waals surface area contributed by atoms with Crippen LogP contribution in [0, 0.1) is 0 Å². The summed E-state index contributed by atoms with van der Waals surface area (Å²) in [6.45, 7) is 3.04. The van der Waals surface area contributed by atoms with E-state index in [1.165, 1.54) is 18.4 Å². The normalized spacial score (nSPS) is 15.2. The molecule has 0 aliphatic carbocycles. The maximum Gasteiger partial charge on any atom is 0.251 e.